The van der Waals surface area contributed by atoms with Crippen molar-refractivity contribution in [3.63, 3.8) is 0 Å². The number of alkyl halides is 3. The summed E-state index contributed by atoms with van der Waals surface area (Å²) in [4.78, 5) is 20.3. The van der Waals surface area contributed by atoms with Crippen LogP contribution >= 0.6 is 0 Å². The Balaban J connectivity index is 0.00000216. The number of amides is 1. The van der Waals surface area contributed by atoms with Gasteiger partial charge >= 0.3 is 6.18 Å². The number of imidazole rings is 1. The van der Waals surface area contributed by atoms with Gasteiger partial charge in [-0.15, -0.1) is 0 Å². The zero-order valence-corrected chi connectivity index (χ0v) is 26.3. The first-order valence-corrected chi connectivity index (χ1v) is 16.0. The largest absolute Gasteiger partial charge is 0.416 e. The molecule has 1 heterocycles. The maximum atomic E-state index is 13.8. The summed E-state index contributed by atoms with van der Waals surface area (Å²) in [5.41, 5.74) is 3.05. The molecule has 0 fully saturated rings. The van der Waals surface area contributed by atoms with Gasteiger partial charge in [-0.1, -0.05) is 57.2 Å². The Morgan fingerprint density at radius 2 is 1.80 bits per heavy atom. The second-order valence-electron chi connectivity index (χ2n) is 10.7. The molecule has 1 aromatic heterocycles. The molecular formula is C34H39F3N4O2S. The van der Waals surface area contributed by atoms with E-state index in [1.807, 2.05) is 87.1 Å². The molecule has 3 aromatic carbocycles. The van der Waals surface area contributed by atoms with E-state index in [0.717, 1.165) is 53.2 Å². The van der Waals surface area contributed by atoms with Gasteiger partial charge in [0.2, 0.25) is 5.91 Å². The summed E-state index contributed by atoms with van der Waals surface area (Å²) in [5.74, 6) is 0.718. The molecule has 0 saturated carbocycles. The van der Waals surface area contributed by atoms with E-state index in [1.165, 1.54) is 12.1 Å². The number of hydrogen-bond acceptors (Lipinski definition) is 3. The minimum Gasteiger partial charge on any atom is -0.337 e. The van der Waals surface area contributed by atoms with Crippen molar-refractivity contribution in [2.24, 2.45) is 7.05 Å². The highest BCUT2D eigenvalue weighted by atomic mass is 32.2. The van der Waals surface area contributed by atoms with E-state index in [1.54, 1.807) is 11.1 Å². The maximum Gasteiger partial charge on any atom is 0.416 e. The van der Waals surface area contributed by atoms with Crippen molar-refractivity contribution in [1.82, 2.24) is 14.3 Å². The Labute approximate surface area is 259 Å². The van der Waals surface area contributed by atoms with Crippen LogP contribution in [0.2, 0.25) is 0 Å². The van der Waals surface area contributed by atoms with Gasteiger partial charge in [0.1, 0.15) is 16.8 Å². The molecule has 1 aliphatic rings. The molecule has 4 aromatic rings. The average molecular weight is 625 g/mol. The second kappa shape index (κ2) is 14.8. The molecule has 1 N–H and O–H groups in total. The van der Waals surface area contributed by atoms with Gasteiger partial charge in [0.25, 0.3) is 0 Å². The number of carbonyl (C=O) groups excluding carboxylic acids is 1. The number of nitrogens with one attached hydrogen (secondary N) is 1. The van der Waals surface area contributed by atoms with Gasteiger partial charge < -0.3 is 9.47 Å². The molecule has 0 spiro atoms. The number of aryl methyl sites for hydroxylation is 2. The van der Waals surface area contributed by atoms with E-state index >= 15 is 0 Å². The van der Waals surface area contributed by atoms with E-state index in [0.29, 0.717) is 12.8 Å². The van der Waals surface area contributed by atoms with Crippen molar-refractivity contribution in [2.45, 2.75) is 76.0 Å². The second-order valence-corrected chi connectivity index (χ2v) is 11.9. The van der Waals surface area contributed by atoms with Gasteiger partial charge in [0.15, 0.2) is 0 Å². The molecule has 3 atom stereocenters. The lowest BCUT2D eigenvalue weighted by atomic mass is 9.87. The summed E-state index contributed by atoms with van der Waals surface area (Å²) in [6.07, 6.45) is 1.83. The summed E-state index contributed by atoms with van der Waals surface area (Å²) in [6, 6.07) is 19.9. The third-order valence-electron chi connectivity index (χ3n) is 7.77. The Kier molecular flexibility index (Phi) is 11.2. The quantitative estimate of drug-likeness (QED) is 0.206. The molecule has 1 aliphatic carbocycles. The van der Waals surface area contributed by atoms with Gasteiger partial charge in [-0.25, -0.2) is 13.9 Å². The van der Waals surface area contributed by atoms with E-state index in [9.17, 15) is 22.2 Å². The van der Waals surface area contributed by atoms with E-state index < -0.39 is 22.7 Å². The molecule has 0 aliphatic heterocycles. The Bertz CT molecular complexity index is 1560. The Morgan fingerprint density at radius 3 is 2.43 bits per heavy atom. The number of benzene rings is 3. The fraction of sp³-hybridized carbons (Fsp3) is 0.353. The van der Waals surface area contributed by atoms with Gasteiger partial charge in [-0.2, -0.15) is 13.2 Å². The zero-order valence-electron chi connectivity index (χ0n) is 25.5. The average Bonchev–Trinajstić information content (AvgIpc) is 3.44. The molecule has 2 unspecified atom stereocenters. The number of carbonyl (C=O) groups is 1. The minimum atomic E-state index is -4.46. The number of aromatic nitrogens is 2. The topological polar surface area (TPSA) is 67.2 Å². The molecule has 0 radical (unpaired) electrons. The molecule has 44 heavy (non-hydrogen) atoms. The Hall–Kier alpha value is -3.76. The highest BCUT2D eigenvalue weighted by Crippen LogP contribution is 2.35. The highest BCUT2D eigenvalue weighted by Gasteiger charge is 2.31. The van der Waals surface area contributed by atoms with Gasteiger partial charge in [-0.05, 0) is 78.3 Å². The highest BCUT2D eigenvalue weighted by molar-refractivity contribution is 7.83. The maximum absolute atomic E-state index is 13.8. The summed E-state index contributed by atoms with van der Waals surface area (Å²) in [5, 5.41) is 0. The molecule has 6 nitrogen and oxygen atoms in total. The van der Waals surface area contributed by atoms with Crippen molar-refractivity contribution >= 4 is 22.6 Å². The summed E-state index contributed by atoms with van der Waals surface area (Å²) < 4.78 is 57.1. The predicted molar refractivity (Wildman–Crippen MR) is 168 cm³/mol. The Morgan fingerprint density at radius 1 is 1.09 bits per heavy atom. The monoisotopic (exact) mass is 624 g/mol. The van der Waals surface area contributed by atoms with Crippen LogP contribution in [0.1, 0.15) is 80.1 Å². The van der Waals surface area contributed by atoms with Crippen molar-refractivity contribution in [2.75, 3.05) is 4.90 Å². The fourth-order valence-electron chi connectivity index (χ4n) is 5.33. The number of fused-ring (bicyclic) bond motifs is 1. The molecule has 10 heteroatoms. The van der Waals surface area contributed by atoms with Crippen LogP contribution in [0.5, 0.6) is 0 Å². The van der Waals surface area contributed by atoms with Crippen molar-refractivity contribution in [1.29, 1.82) is 0 Å². The lowest BCUT2D eigenvalue weighted by molar-refractivity contribution is -0.137. The summed E-state index contributed by atoms with van der Waals surface area (Å²) >= 11 is 0. The molecule has 5 rings (SSSR count). The number of anilines is 1. The molecular weight excluding hydrogens is 585 g/mol. The van der Waals surface area contributed by atoms with E-state index in [4.69, 9.17) is 0 Å². The first kappa shape index (κ1) is 33.1. The first-order chi connectivity index (χ1) is 21.1. The van der Waals surface area contributed by atoms with E-state index in [-0.39, 0.29) is 29.3 Å². The minimum absolute atomic E-state index is 0.0146. The number of hydrogen-bond donors (Lipinski definition) is 1. The molecule has 0 bridgehead atoms. The summed E-state index contributed by atoms with van der Waals surface area (Å²) in [7, 11) is 0.171. The standard InChI is InChI=1S/C32H33F3N4O2S.C2H6/c1-22(23-7-4-3-5-8-23)19-31(40)39(21-30-36-17-18-38(30)2)26-14-11-24-9-6-10-29(28(24)20-26)37-42(41)27-15-12-25(13-16-27)32(33,34)35;1-2/h3-5,7-8,11-18,20,22,29,37H,6,9-10,19,21H2,1-2H3;1-2H3/t22-,29?,42?;/m0./s1. The first-order valence-electron chi connectivity index (χ1n) is 14.9. The predicted octanol–water partition coefficient (Wildman–Crippen LogP) is 7.88. The van der Waals surface area contributed by atoms with Crippen LogP contribution in [0, 0.1) is 0 Å². The van der Waals surface area contributed by atoms with Crippen molar-refractivity contribution in [3.8, 4) is 0 Å². The summed E-state index contributed by atoms with van der Waals surface area (Å²) in [6.45, 7) is 6.33. The molecule has 234 valence electrons. The van der Waals surface area contributed by atoms with Crippen LogP contribution in [0.15, 0.2) is 90.1 Å². The van der Waals surface area contributed by atoms with Crippen LogP contribution in [0.25, 0.3) is 0 Å². The van der Waals surface area contributed by atoms with Crippen LogP contribution in [0.4, 0.5) is 18.9 Å². The van der Waals surface area contributed by atoms with Crippen molar-refractivity contribution in [3.05, 3.63) is 113 Å². The number of nitrogens with zero attached hydrogens (tertiary/aromatic N) is 3. The van der Waals surface area contributed by atoms with Gasteiger partial charge in [0.05, 0.1) is 17.0 Å². The van der Waals surface area contributed by atoms with Crippen LogP contribution in [-0.4, -0.2) is 19.7 Å². The molecule has 0 saturated heterocycles. The smallest absolute Gasteiger partial charge is 0.337 e. The SMILES string of the molecule is CC.C[C@@H](CC(=O)N(Cc1nccn1C)c1ccc2c(c1)C(NS(=O)c1ccc(C(F)(F)F)cc1)CCC2)c1ccccc1. The van der Waals surface area contributed by atoms with E-state index in [2.05, 4.69) is 9.71 Å². The fourth-order valence-corrected chi connectivity index (χ4v) is 6.35. The lowest BCUT2D eigenvalue weighted by Crippen LogP contribution is -2.33. The zero-order chi connectivity index (χ0) is 31.9. The normalized spacial score (nSPS) is 15.8. The molecule has 1 amide bonds. The van der Waals surface area contributed by atoms with Gasteiger partial charge in [-0.3, -0.25) is 4.79 Å². The van der Waals surface area contributed by atoms with Gasteiger partial charge in [0, 0.05) is 37.6 Å². The third-order valence-corrected chi connectivity index (χ3v) is 8.97. The van der Waals surface area contributed by atoms with Crippen LogP contribution < -0.4 is 9.62 Å². The van der Waals surface area contributed by atoms with Crippen LogP contribution in [-0.2, 0) is 42.0 Å². The number of halogens is 3. The van der Waals surface area contributed by atoms with Crippen molar-refractivity contribution < 1.29 is 22.2 Å². The lowest BCUT2D eigenvalue weighted by Gasteiger charge is -2.30. The number of rotatable bonds is 9. The van der Waals surface area contributed by atoms with Crippen LogP contribution in [0.3, 0.4) is 0 Å². The third kappa shape index (κ3) is 8.04.